The number of nitrogens with zero attached hydrogens (tertiary/aromatic N) is 1. The Morgan fingerprint density at radius 3 is 2.84 bits per heavy atom. The lowest BCUT2D eigenvalue weighted by Crippen LogP contribution is -2.44. The van der Waals surface area contributed by atoms with Gasteiger partial charge in [-0.1, -0.05) is 24.3 Å². The van der Waals surface area contributed by atoms with E-state index in [1.807, 2.05) is 0 Å². The van der Waals surface area contributed by atoms with E-state index in [1.165, 1.54) is 21.6 Å². The highest BCUT2D eigenvalue weighted by atomic mass is 32.1. The normalized spacial score (nSPS) is 17.0. The molecule has 2 N–H and O–H groups in total. The molecule has 0 unspecified atom stereocenters. The highest BCUT2D eigenvalue weighted by molar-refractivity contribution is 7.17. The molecule has 0 saturated carbocycles. The molecule has 2 aliphatic rings. The first-order valence-electron chi connectivity index (χ1n) is 9.23. The number of rotatable bonds is 5. The number of aryl methyl sites for hydroxylation is 2. The van der Waals surface area contributed by atoms with Crippen molar-refractivity contribution in [3.63, 3.8) is 0 Å². The van der Waals surface area contributed by atoms with Gasteiger partial charge in [0, 0.05) is 37.6 Å². The van der Waals surface area contributed by atoms with Gasteiger partial charge in [-0.15, -0.1) is 11.3 Å². The van der Waals surface area contributed by atoms with E-state index in [9.17, 15) is 4.79 Å². The third-order valence-electron chi connectivity index (χ3n) is 5.10. The van der Waals surface area contributed by atoms with E-state index < -0.39 is 0 Å². The second-order valence-electron chi connectivity index (χ2n) is 6.82. The number of thiophene rings is 1. The Morgan fingerprint density at radius 1 is 1.16 bits per heavy atom. The summed E-state index contributed by atoms with van der Waals surface area (Å²) in [7, 11) is 0. The second kappa shape index (κ2) is 7.68. The van der Waals surface area contributed by atoms with Gasteiger partial charge < -0.3 is 15.5 Å². The smallest absolute Gasteiger partial charge is 0.261 e. The van der Waals surface area contributed by atoms with E-state index in [0.29, 0.717) is 0 Å². The molecule has 25 heavy (non-hydrogen) atoms. The molecule has 1 aliphatic heterocycles. The van der Waals surface area contributed by atoms with Crippen LogP contribution in [0.4, 0.5) is 0 Å². The first-order valence-corrected chi connectivity index (χ1v) is 10.1. The predicted molar refractivity (Wildman–Crippen MR) is 103 cm³/mol. The summed E-state index contributed by atoms with van der Waals surface area (Å²) in [6, 6.07) is 10.7. The maximum absolute atomic E-state index is 12.5. The molecule has 5 heteroatoms. The Labute approximate surface area is 153 Å². The second-order valence-corrected chi connectivity index (χ2v) is 7.88. The van der Waals surface area contributed by atoms with Crippen LogP contribution in [0.15, 0.2) is 30.3 Å². The van der Waals surface area contributed by atoms with Crippen LogP contribution in [-0.2, 0) is 12.8 Å². The first-order chi connectivity index (χ1) is 12.3. The molecule has 0 bridgehead atoms. The van der Waals surface area contributed by atoms with Gasteiger partial charge in [0.25, 0.3) is 5.91 Å². The minimum Gasteiger partial charge on any atom is -0.351 e. The van der Waals surface area contributed by atoms with E-state index >= 15 is 0 Å². The molecule has 132 valence electrons. The summed E-state index contributed by atoms with van der Waals surface area (Å²) in [4.78, 5) is 17.1. The molecule has 1 fully saturated rings. The van der Waals surface area contributed by atoms with Crippen LogP contribution < -0.4 is 10.6 Å². The lowest BCUT2D eigenvalue weighted by atomic mass is 9.91. The highest BCUT2D eigenvalue weighted by Gasteiger charge is 2.21. The number of hydrogen-bond acceptors (Lipinski definition) is 4. The van der Waals surface area contributed by atoms with Gasteiger partial charge in [0.1, 0.15) is 0 Å². The SMILES string of the molecule is O=C(NCCCN1CCNCC1)c1cc2c(s1)-c1ccccc1CC2. The topological polar surface area (TPSA) is 44.4 Å². The Hall–Kier alpha value is -1.69. The monoisotopic (exact) mass is 355 g/mol. The standard InChI is InChI=1S/C20H25N3OS/c24-20(22-8-3-11-23-12-9-21-10-13-23)18-14-16-7-6-15-4-1-2-5-17(15)19(16)25-18/h1-2,4-5,14,21H,3,6-13H2,(H,22,24). The van der Waals surface area contributed by atoms with Crippen LogP contribution in [-0.4, -0.2) is 50.1 Å². The first kappa shape index (κ1) is 16.8. The van der Waals surface area contributed by atoms with Gasteiger partial charge in [0.05, 0.1) is 4.88 Å². The maximum atomic E-state index is 12.5. The molecule has 1 saturated heterocycles. The molecule has 1 aliphatic carbocycles. The van der Waals surface area contributed by atoms with Crippen LogP contribution in [0.5, 0.6) is 0 Å². The fourth-order valence-corrected chi connectivity index (χ4v) is 4.90. The van der Waals surface area contributed by atoms with Gasteiger partial charge >= 0.3 is 0 Å². The Kier molecular flexibility index (Phi) is 5.15. The molecule has 4 nitrogen and oxygen atoms in total. The number of benzene rings is 1. The molecule has 1 amide bonds. The molecular formula is C20H25N3OS. The zero-order valence-electron chi connectivity index (χ0n) is 14.5. The number of nitrogens with one attached hydrogen (secondary N) is 2. The van der Waals surface area contributed by atoms with Gasteiger partial charge in [-0.3, -0.25) is 4.79 Å². The maximum Gasteiger partial charge on any atom is 0.261 e. The summed E-state index contributed by atoms with van der Waals surface area (Å²) in [6.45, 7) is 6.21. The van der Waals surface area contributed by atoms with E-state index in [0.717, 1.165) is 63.4 Å². The van der Waals surface area contributed by atoms with Crippen molar-refractivity contribution in [3.05, 3.63) is 46.3 Å². The number of piperazine rings is 1. The van der Waals surface area contributed by atoms with Crippen LogP contribution in [0.3, 0.4) is 0 Å². The molecule has 1 aromatic heterocycles. The molecule has 0 atom stereocenters. The third kappa shape index (κ3) is 3.78. The molecule has 0 spiro atoms. The number of carbonyl (C=O) groups excluding carboxylic acids is 1. The van der Waals surface area contributed by atoms with Crippen molar-refractivity contribution >= 4 is 17.2 Å². The van der Waals surface area contributed by atoms with Crippen LogP contribution in [0, 0.1) is 0 Å². The summed E-state index contributed by atoms with van der Waals surface area (Å²) in [5, 5.41) is 6.47. The van der Waals surface area contributed by atoms with Crippen molar-refractivity contribution in [3.8, 4) is 10.4 Å². The Morgan fingerprint density at radius 2 is 1.96 bits per heavy atom. The van der Waals surface area contributed by atoms with Crippen LogP contribution in [0.1, 0.15) is 27.2 Å². The number of hydrogen-bond donors (Lipinski definition) is 2. The van der Waals surface area contributed by atoms with E-state index in [-0.39, 0.29) is 5.91 Å². The van der Waals surface area contributed by atoms with Crippen molar-refractivity contribution in [1.29, 1.82) is 0 Å². The van der Waals surface area contributed by atoms with Crippen molar-refractivity contribution in [2.75, 3.05) is 39.3 Å². The van der Waals surface area contributed by atoms with Crippen molar-refractivity contribution in [2.45, 2.75) is 19.3 Å². The average molecular weight is 356 g/mol. The van der Waals surface area contributed by atoms with Gasteiger partial charge in [0.2, 0.25) is 0 Å². The number of amides is 1. The van der Waals surface area contributed by atoms with Crippen molar-refractivity contribution in [1.82, 2.24) is 15.5 Å². The van der Waals surface area contributed by atoms with Crippen LogP contribution >= 0.6 is 11.3 Å². The fraction of sp³-hybridized carbons (Fsp3) is 0.450. The van der Waals surface area contributed by atoms with E-state index in [4.69, 9.17) is 0 Å². The number of fused-ring (bicyclic) bond motifs is 3. The quantitative estimate of drug-likeness (QED) is 0.810. The van der Waals surface area contributed by atoms with Crippen molar-refractivity contribution < 1.29 is 4.79 Å². The lowest BCUT2D eigenvalue weighted by Gasteiger charge is -2.27. The van der Waals surface area contributed by atoms with Gasteiger partial charge in [-0.05, 0) is 48.6 Å². The molecule has 1 aromatic carbocycles. The zero-order chi connectivity index (χ0) is 17.1. The molecule has 4 rings (SSSR count). The average Bonchev–Trinajstić information content (AvgIpc) is 3.11. The summed E-state index contributed by atoms with van der Waals surface area (Å²) in [5.41, 5.74) is 4.04. The van der Waals surface area contributed by atoms with Crippen LogP contribution in [0.25, 0.3) is 10.4 Å². The zero-order valence-corrected chi connectivity index (χ0v) is 15.3. The Balaban J connectivity index is 1.33. The lowest BCUT2D eigenvalue weighted by molar-refractivity contribution is 0.0955. The van der Waals surface area contributed by atoms with E-state index in [2.05, 4.69) is 45.9 Å². The third-order valence-corrected chi connectivity index (χ3v) is 6.31. The highest BCUT2D eigenvalue weighted by Crippen LogP contribution is 2.39. The molecule has 0 radical (unpaired) electrons. The van der Waals surface area contributed by atoms with Gasteiger partial charge in [-0.25, -0.2) is 0 Å². The van der Waals surface area contributed by atoms with Gasteiger partial charge in [-0.2, -0.15) is 0 Å². The Bertz CT molecular complexity index is 749. The van der Waals surface area contributed by atoms with Gasteiger partial charge in [0.15, 0.2) is 0 Å². The minimum atomic E-state index is 0.0807. The predicted octanol–water partition coefficient (Wildman–Crippen LogP) is 2.54. The summed E-state index contributed by atoms with van der Waals surface area (Å²) >= 11 is 1.64. The summed E-state index contributed by atoms with van der Waals surface area (Å²) < 4.78 is 0. The molecule has 2 heterocycles. The largest absolute Gasteiger partial charge is 0.351 e. The van der Waals surface area contributed by atoms with Crippen LogP contribution in [0.2, 0.25) is 0 Å². The summed E-state index contributed by atoms with van der Waals surface area (Å²) in [5.74, 6) is 0.0807. The van der Waals surface area contributed by atoms with Crippen molar-refractivity contribution in [2.24, 2.45) is 0 Å². The van der Waals surface area contributed by atoms with E-state index in [1.54, 1.807) is 11.3 Å². The summed E-state index contributed by atoms with van der Waals surface area (Å²) in [6.07, 6.45) is 3.13. The minimum absolute atomic E-state index is 0.0807. The molecule has 2 aromatic rings. The number of carbonyl (C=O) groups is 1. The fourth-order valence-electron chi connectivity index (χ4n) is 3.71. The molecular weight excluding hydrogens is 330 g/mol.